The molecule has 1 heterocycles. The molecule has 0 saturated heterocycles. The van der Waals surface area contributed by atoms with Gasteiger partial charge in [-0.05, 0) is 35.6 Å². The number of nitrogens with one attached hydrogen (secondary N) is 1. The van der Waals surface area contributed by atoms with Crippen LogP contribution in [0.25, 0.3) is 0 Å². The number of amides is 1. The van der Waals surface area contributed by atoms with Gasteiger partial charge in [-0.3, -0.25) is 4.79 Å². The molecule has 2 aromatic carbocycles. The van der Waals surface area contributed by atoms with E-state index in [0.717, 1.165) is 29.7 Å². The van der Waals surface area contributed by atoms with Gasteiger partial charge in [0.1, 0.15) is 0 Å². The summed E-state index contributed by atoms with van der Waals surface area (Å²) >= 11 is 6.83. The molecule has 1 fully saturated rings. The number of carbonyl (C=O) groups is 1. The number of hydrogen-bond acceptors (Lipinski definition) is 1. The maximum Gasteiger partial charge on any atom is 0.228 e. The fourth-order valence-corrected chi connectivity index (χ4v) is 3.80. The van der Waals surface area contributed by atoms with Crippen LogP contribution in [0.15, 0.2) is 48.5 Å². The Labute approximate surface area is 129 Å². The number of alkyl halides is 1. The van der Waals surface area contributed by atoms with Crippen molar-refractivity contribution >= 4 is 23.2 Å². The Bertz CT molecular complexity index is 706. The predicted molar refractivity (Wildman–Crippen MR) is 84.7 cm³/mol. The lowest BCUT2D eigenvalue weighted by molar-refractivity contribution is -0.115. The first-order chi connectivity index (χ1) is 10.2. The van der Waals surface area contributed by atoms with Gasteiger partial charge in [-0.15, -0.1) is 11.6 Å². The van der Waals surface area contributed by atoms with E-state index in [1.165, 1.54) is 5.56 Å². The SMILES string of the molecule is O=C1Cc2cc(C(Cl)C3(c4ccccc4)CC3)ccc2N1. The molecule has 2 nitrogen and oxygen atoms in total. The summed E-state index contributed by atoms with van der Waals surface area (Å²) in [5.74, 6) is 0.0671. The topological polar surface area (TPSA) is 29.1 Å². The smallest absolute Gasteiger partial charge is 0.228 e. The average molecular weight is 298 g/mol. The first-order valence-electron chi connectivity index (χ1n) is 7.31. The van der Waals surface area contributed by atoms with E-state index in [9.17, 15) is 4.79 Å². The molecule has 106 valence electrons. The Balaban J connectivity index is 1.68. The molecule has 3 heteroatoms. The second-order valence-corrected chi connectivity index (χ2v) is 6.46. The summed E-state index contributed by atoms with van der Waals surface area (Å²) < 4.78 is 0. The van der Waals surface area contributed by atoms with Crippen LogP contribution in [0.2, 0.25) is 0 Å². The van der Waals surface area contributed by atoms with E-state index < -0.39 is 0 Å². The highest BCUT2D eigenvalue weighted by atomic mass is 35.5. The number of anilines is 1. The summed E-state index contributed by atoms with van der Waals surface area (Å²) in [6.45, 7) is 0. The van der Waals surface area contributed by atoms with Crippen LogP contribution in [0, 0.1) is 0 Å². The van der Waals surface area contributed by atoms with Gasteiger partial charge in [-0.2, -0.15) is 0 Å². The van der Waals surface area contributed by atoms with Crippen molar-refractivity contribution in [1.82, 2.24) is 0 Å². The quantitative estimate of drug-likeness (QED) is 0.846. The standard InChI is InChI=1S/C18H16ClNO/c19-17(18(8-9-18)14-4-2-1-3-5-14)12-6-7-15-13(10-12)11-16(21)20-15/h1-7,10,17H,8-9,11H2,(H,20,21). The molecule has 1 aliphatic heterocycles. The van der Waals surface area contributed by atoms with Crippen LogP contribution in [-0.2, 0) is 16.6 Å². The summed E-state index contributed by atoms with van der Waals surface area (Å²) in [4.78, 5) is 11.5. The van der Waals surface area contributed by atoms with E-state index in [2.05, 4.69) is 35.6 Å². The molecule has 1 aliphatic carbocycles. The van der Waals surface area contributed by atoms with E-state index >= 15 is 0 Å². The second kappa shape index (κ2) is 4.60. The van der Waals surface area contributed by atoms with Gasteiger partial charge in [0.2, 0.25) is 5.91 Å². The monoisotopic (exact) mass is 297 g/mol. The Hall–Kier alpha value is -1.80. The van der Waals surface area contributed by atoms with Crippen LogP contribution < -0.4 is 5.32 Å². The predicted octanol–water partition coefficient (Wildman–Crippen LogP) is 4.19. The largest absolute Gasteiger partial charge is 0.326 e. The van der Waals surface area contributed by atoms with Gasteiger partial charge in [0.25, 0.3) is 0 Å². The molecule has 2 aliphatic rings. The summed E-state index contributed by atoms with van der Waals surface area (Å²) in [7, 11) is 0. The highest BCUT2D eigenvalue weighted by molar-refractivity contribution is 6.22. The summed E-state index contributed by atoms with van der Waals surface area (Å²) in [5.41, 5.74) is 4.49. The van der Waals surface area contributed by atoms with Crippen LogP contribution in [0.4, 0.5) is 5.69 Å². The van der Waals surface area contributed by atoms with Crippen molar-refractivity contribution in [2.45, 2.75) is 30.1 Å². The first kappa shape index (κ1) is 12.9. The average Bonchev–Trinajstić information content (AvgIpc) is 3.23. The number of fused-ring (bicyclic) bond motifs is 1. The van der Waals surface area contributed by atoms with Crippen LogP contribution in [0.5, 0.6) is 0 Å². The molecule has 0 radical (unpaired) electrons. The van der Waals surface area contributed by atoms with E-state index in [1.54, 1.807) is 0 Å². The number of carbonyl (C=O) groups excluding carboxylic acids is 1. The maximum absolute atomic E-state index is 11.5. The third-order valence-corrected chi connectivity index (χ3v) is 5.34. The zero-order valence-electron chi connectivity index (χ0n) is 11.6. The highest BCUT2D eigenvalue weighted by Crippen LogP contribution is 2.59. The minimum atomic E-state index is -0.0408. The van der Waals surface area contributed by atoms with Crippen molar-refractivity contribution < 1.29 is 4.79 Å². The lowest BCUT2D eigenvalue weighted by Crippen LogP contribution is -2.14. The molecular formula is C18H16ClNO. The zero-order valence-corrected chi connectivity index (χ0v) is 12.4. The first-order valence-corrected chi connectivity index (χ1v) is 7.75. The Morgan fingerprint density at radius 2 is 1.86 bits per heavy atom. The summed E-state index contributed by atoms with van der Waals surface area (Å²) in [6.07, 6.45) is 2.71. The fourth-order valence-electron chi connectivity index (χ4n) is 3.32. The molecule has 1 amide bonds. The molecular weight excluding hydrogens is 282 g/mol. The Kier molecular flexibility index (Phi) is 2.83. The molecule has 4 rings (SSSR count). The fraction of sp³-hybridized carbons (Fsp3) is 0.278. The molecule has 1 atom stereocenters. The van der Waals surface area contributed by atoms with E-state index in [0.29, 0.717) is 6.42 Å². The molecule has 1 unspecified atom stereocenters. The highest BCUT2D eigenvalue weighted by Gasteiger charge is 2.50. The molecule has 2 aromatic rings. The van der Waals surface area contributed by atoms with Gasteiger partial charge in [-0.25, -0.2) is 0 Å². The van der Waals surface area contributed by atoms with Crippen molar-refractivity contribution in [3.05, 3.63) is 65.2 Å². The second-order valence-electron chi connectivity index (χ2n) is 6.03. The van der Waals surface area contributed by atoms with Crippen molar-refractivity contribution in [1.29, 1.82) is 0 Å². The number of benzene rings is 2. The summed E-state index contributed by atoms with van der Waals surface area (Å²) in [5, 5.41) is 2.83. The third kappa shape index (κ3) is 2.06. The molecule has 0 aromatic heterocycles. The van der Waals surface area contributed by atoms with Crippen molar-refractivity contribution in [2.75, 3.05) is 5.32 Å². The molecule has 0 bridgehead atoms. The van der Waals surface area contributed by atoms with Gasteiger partial charge in [0, 0.05) is 11.1 Å². The van der Waals surface area contributed by atoms with E-state index in [1.807, 2.05) is 18.2 Å². The lowest BCUT2D eigenvalue weighted by Gasteiger charge is -2.23. The van der Waals surface area contributed by atoms with Crippen LogP contribution in [0.3, 0.4) is 0 Å². The van der Waals surface area contributed by atoms with Gasteiger partial charge in [0.05, 0.1) is 11.8 Å². The van der Waals surface area contributed by atoms with Crippen LogP contribution in [0.1, 0.15) is 34.9 Å². The van der Waals surface area contributed by atoms with Crippen molar-refractivity contribution in [3.8, 4) is 0 Å². The van der Waals surface area contributed by atoms with Crippen molar-refractivity contribution in [3.63, 3.8) is 0 Å². The minimum absolute atomic E-state index is 0.0408. The van der Waals surface area contributed by atoms with Gasteiger partial charge < -0.3 is 5.32 Å². The number of halogens is 1. The Morgan fingerprint density at radius 3 is 2.57 bits per heavy atom. The number of hydrogen-bond donors (Lipinski definition) is 1. The molecule has 1 N–H and O–H groups in total. The molecule has 0 spiro atoms. The molecule has 1 saturated carbocycles. The van der Waals surface area contributed by atoms with Crippen LogP contribution >= 0.6 is 11.6 Å². The zero-order chi connectivity index (χ0) is 14.4. The maximum atomic E-state index is 11.5. The van der Waals surface area contributed by atoms with Gasteiger partial charge in [0.15, 0.2) is 0 Å². The lowest BCUT2D eigenvalue weighted by atomic mass is 9.87. The van der Waals surface area contributed by atoms with Crippen molar-refractivity contribution in [2.24, 2.45) is 0 Å². The van der Waals surface area contributed by atoms with Gasteiger partial charge in [-0.1, -0.05) is 42.5 Å². The summed E-state index contributed by atoms with van der Waals surface area (Å²) in [6, 6.07) is 16.6. The number of rotatable bonds is 3. The van der Waals surface area contributed by atoms with Crippen LogP contribution in [-0.4, -0.2) is 5.91 Å². The normalized spacial score (nSPS) is 19.8. The van der Waals surface area contributed by atoms with E-state index in [-0.39, 0.29) is 16.7 Å². The third-order valence-electron chi connectivity index (χ3n) is 4.67. The van der Waals surface area contributed by atoms with Gasteiger partial charge >= 0.3 is 0 Å². The Morgan fingerprint density at radius 1 is 1.10 bits per heavy atom. The molecule has 21 heavy (non-hydrogen) atoms. The van der Waals surface area contributed by atoms with E-state index in [4.69, 9.17) is 11.6 Å². The minimum Gasteiger partial charge on any atom is -0.326 e.